The van der Waals surface area contributed by atoms with Crippen LogP contribution in [0.15, 0.2) is 48.5 Å². The molecule has 0 aliphatic heterocycles. The zero-order valence-electron chi connectivity index (χ0n) is 14.6. The highest BCUT2D eigenvalue weighted by Crippen LogP contribution is 2.19. The number of nitriles is 1. The summed E-state index contributed by atoms with van der Waals surface area (Å²) in [5.41, 5.74) is 3.82. The van der Waals surface area contributed by atoms with Crippen molar-refractivity contribution in [2.45, 2.75) is 45.7 Å². The van der Waals surface area contributed by atoms with Crippen molar-refractivity contribution in [2.24, 2.45) is 0 Å². The Morgan fingerprint density at radius 3 is 2.67 bits per heavy atom. The predicted octanol–water partition coefficient (Wildman–Crippen LogP) is 4.92. The molecule has 0 amide bonds. The maximum Gasteiger partial charge on any atom is 0.119 e. The number of rotatable bonds is 9. The molecule has 0 radical (unpaired) electrons. The van der Waals surface area contributed by atoms with Crippen molar-refractivity contribution in [3.05, 3.63) is 65.2 Å². The molecule has 0 spiro atoms. The van der Waals surface area contributed by atoms with Gasteiger partial charge in [-0.15, -0.1) is 0 Å². The maximum atomic E-state index is 8.55. The molecule has 2 aromatic carbocycles. The highest BCUT2D eigenvalue weighted by Gasteiger charge is 2.08. The Morgan fingerprint density at radius 2 is 1.96 bits per heavy atom. The van der Waals surface area contributed by atoms with Gasteiger partial charge in [-0.2, -0.15) is 5.26 Å². The van der Waals surface area contributed by atoms with Gasteiger partial charge in [0.15, 0.2) is 0 Å². The molecule has 3 nitrogen and oxygen atoms in total. The van der Waals surface area contributed by atoms with Crippen molar-refractivity contribution >= 4 is 0 Å². The number of hydrogen-bond donors (Lipinski definition) is 1. The smallest absolute Gasteiger partial charge is 0.119 e. The van der Waals surface area contributed by atoms with Crippen molar-refractivity contribution in [1.82, 2.24) is 5.32 Å². The molecule has 24 heavy (non-hydrogen) atoms. The molecule has 3 heteroatoms. The number of hydrogen-bond acceptors (Lipinski definition) is 3. The van der Waals surface area contributed by atoms with Crippen LogP contribution in [0.4, 0.5) is 0 Å². The standard InChI is InChI=1S/C21H26N2O/c1-3-21(19-11-9-17(2)10-12-19)23-16-18-7-6-8-20(15-18)24-14-5-4-13-22/h6-12,15,21,23H,3-5,14,16H2,1-2H3. The van der Waals surface area contributed by atoms with Crippen molar-refractivity contribution in [2.75, 3.05) is 6.61 Å². The van der Waals surface area contributed by atoms with E-state index in [0.29, 0.717) is 19.1 Å². The minimum Gasteiger partial charge on any atom is -0.494 e. The van der Waals surface area contributed by atoms with E-state index in [0.717, 1.165) is 25.1 Å². The predicted molar refractivity (Wildman–Crippen MR) is 97.8 cm³/mol. The Bertz CT molecular complexity index is 658. The van der Waals surface area contributed by atoms with Crippen LogP contribution in [0.25, 0.3) is 0 Å². The first-order valence-electron chi connectivity index (χ1n) is 8.61. The van der Waals surface area contributed by atoms with Crippen LogP contribution in [-0.4, -0.2) is 6.61 Å². The van der Waals surface area contributed by atoms with E-state index in [9.17, 15) is 0 Å². The van der Waals surface area contributed by atoms with Gasteiger partial charge in [0.1, 0.15) is 5.75 Å². The van der Waals surface area contributed by atoms with E-state index in [4.69, 9.17) is 10.00 Å². The molecule has 1 N–H and O–H groups in total. The van der Waals surface area contributed by atoms with E-state index < -0.39 is 0 Å². The molecular formula is C21H26N2O. The van der Waals surface area contributed by atoms with Crippen LogP contribution in [0.3, 0.4) is 0 Å². The van der Waals surface area contributed by atoms with Crippen molar-refractivity contribution in [1.29, 1.82) is 5.26 Å². The molecule has 2 aromatic rings. The van der Waals surface area contributed by atoms with Crippen LogP contribution in [0.2, 0.25) is 0 Å². The Hall–Kier alpha value is -2.31. The molecule has 0 aromatic heterocycles. The second kappa shape index (κ2) is 9.75. The number of aryl methyl sites for hydroxylation is 1. The Kier molecular flexibility index (Phi) is 7.32. The molecule has 0 fully saturated rings. The second-order valence-corrected chi connectivity index (χ2v) is 6.01. The zero-order valence-corrected chi connectivity index (χ0v) is 14.6. The lowest BCUT2D eigenvalue weighted by Crippen LogP contribution is -2.20. The quantitative estimate of drug-likeness (QED) is 0.667. The lowest BCUT2D eigenvalue weighted by atomic mass is 10.0. The third-order valence-electron chi connectivity index (χ3n) is 4.04. The summed E-state index contributed by atoms with van der Waals surface area (Å²) < 4.78 is 5.70. The summed E-state index contributed by atoms with van der Waals surface area (Å²) in [5, 5.41) is 12.2. The third kappa shape index (κ3) is 5.72. The van der Waals surface area contributed by atoms with E-state index in [1.54, 1.807) is 0 Å². The molecule has 0 heterocycles. The lowest BCUT2D eigenvalue weighted by molar-refractivity contribution is 0.312. The number of unbranched alkanes of at least 4 members (excludes halogenated alkanes) is 1. The van der Waals surface area contributed by atoms with Crippen LogP contribution in [-0.2, 0) is 6.54 Å². The topological polar surface area (TPSA) is 45.0 Å². The van der Waals surface area contributed by atoms with E-state index in [2.05, 4.69) is 61.6 Å². The van der Waals surface area contributed by atoms with Crippen LogP contribution in [0, 0.1) is 18.3 Å². The lowest BCUT2D eigenvalue weighted by Gasteiger charge is -2.18. The monoisotopic (exact) mass is 322 g/mol. The fourth-order valence-corrected chi connectivity index (χ4v) is 2.62. The van der Waals surface area contributed by atoms with Gasteiger partial charge in [0.25, 0.3) is 0 Å². The van der Waals surface area contributed by atoms with Crippen LogP contribution in [0.5, 0.6) is 5.75 Å². The molecule has 126 valence electrons. The average Bonchev–Trinajstić information content (AvgIpc) is 2.61. The first-order valence-corrected chi connectivity index (χ1v) is 8.61. The first kappa shape index (κ1) is 18.0. The number of nitrogens with zero attached hydrogens (tertiary/aromatic N) is 1. The van der Waals surface area contributed by atoms with E-state index in [1.165, 1.54) is 16.7 Å². The molecule has 1 atom stereocenters. The first-order chi connectivity index (χ1) is 11.7. The Balaban J connectivity index is 1.90. The van der Waals surface area contributed by atoms with E-state index in [-0.39, 0.29) is 0 Å². The maximum absolute atomic E-state index is 8.55. The van der Waals surface area contributed by atoms with Crippen molar-refractivity contribution < 1.29 is 4.74 Å². The van der Waals surface area contributed by atoms with Gasteiger partial charge in [-0.1, -0.05) is 48.9 Å². The zero-order chi connectivity index (χ0) is 17.2. The van der Waals surface area contributed by atoms with Crippen LogP contribution in [0.1, 0.15) is 48.9 Å². The second-order valence-electron chi connectivity index (χ2n) is 6.01. The Labute approximate surface area is 145 Å². The van der Waals surface area contributed by atoms with Gasteiger partial charge in [-0.05, 0) is 43.0 Å². The van der Waals surface area contributed by atoms with Crippen LogP contribution < -0.4 is 10.1 Å². The van der Waals surface area contributed by atoms with Gasteiger partial charge in [-0.25, -0.2) is 0 Å². The third-order valence-corrected chi connectivity index (χ3v) is 4.04. The van der Waals surface area contributed by atoms with Gasteiger partial charge in [-0.3, -0.25) is 0 Å². The molecule has 0 saturated carbocycles. The number of nitrogens with one attached hydrogen (secondary N) is 1. The summed E-state index contributed by atoms with van der Waals surface area (Å²) in [5.74, 6) is 0.871. The van der Waals surface area contributed by atoms with Crippen molar-refractivity contribution in [3.63, 3.8) is 0 Å². The van der Waals surface area contributed by atoms with Crippen LogP contribution >= 0.6 is 0 Å². The normalized spacial score (nSPS) is 11.7. The summed E-state index contributed by atoms with van der Waals surface area (Å²) in [4.78, 5) is 0. The summed E-state index contributed by atoms with van der Waals surface area (Å²) in [6.45, 7) is 5.71. The highest BCUT2D eigenvalue weighted by atomic mass is 16.5. The highest BCUT2D eigenvalue weighted by molar-refractivity contribution is 5.29. The fraction of sp³-hybridized carbons (Fsp3) is 0.381. The summed E-state index contributed by atoms with van der Waals surface area (Å²) in [6, 6.07) is 19.4. The largest absolute Gasteiger partial charge is 0.494 e. The van der Waals surface area contributed by atoms with Gasteiger partial charge >= 0.3 is 0 Å². The fourth-order valence-electron chi connectivity index (χ4n) is 2.62. The van der Waals surface area contributed by atoms with Gasteiger partial charge in [0.2, 0.25) is 0 Å². The van der Waals surface area contributed by atoms with Gasteiger partial charge < -0.3 is 10.1 Å². The minimum absolute atomic E-state index is 0.353. The molecule has 2 rings (SSSR count). The molecular weight excluding hydrogens is 296 g/mol. The average molecular weight is 322 g/mol. The SMILES string of the molecule is CCC(NCc1cccc(OCCCC#N)c1)c1ccc(C)cc1. The van der Waals surface area contributed by atoms with Crippen molar-refractivity contribution in [3.8, 4) is 11.8 Å². The Morgan fingerprint density at radius 1 is 1.17 bits per heavy atom. The molecule has 0 aliphatic rings. The summed E-state index contributed by atoms with van der Waals surface area (Å²) in [7, 11) is 0. The summed E-state index contributed by atoms with van der Waals surface area (Å²) in [6.07, 6.45) is 2.35. The number of benzene rings is 2. The molecule has 0 aliphatic carbocycles. The number of ether oxygens (including phenoxy) is 1. The van der Waals surface area contributed by atoms with Gasteiger partial charge in [0, 0.05) is 19.0 Å². The molecule has 0 bridgehead atoms. The van der Waals surface area contributed by atoms with Gasteiger partial charge in [0.05, 0.1) is 12.7 Å². The minimum atomic E-state index is 0.353. The molecule has 1 unspecified atom stereocenters. The van der Waals surface area contributed by atoms with E-state index >= 15 is 0 Å². The summed E-state index contributed by atoms with van der Waals surface area (Å²) >= 11 is 0. The molecule has 0 saturated heterocycles. The van der Waals surface area contributed by atoms with E-state index in [1.807, 2.05) is 12.1 Å².